The number of epoxide rings is 1. The smallest absolute Gasteiger partial charge is 0.377 e. The molecule has 1 rings (SSSR count). The van der Waals surface area contributed by atoms with Crippen LogP contribution in [0.2, 0.25) is 6.04 Å². The van der Waals surface area contributed by atoms with Crippen LogP contribution in [-0.2, 0) is 18.0 Å². The van der Waals surface area contributed by atoms with Gasteiger partial charge in [0, 0.05) is 26.9 Å². The van der Waals surface area contributed by atoms with Crippen LogP contribution in [0.5, 0.6) is 0 Å². The van der Waals surface area contributed by atoms with Crippen molar-refractivity contribution in [3.8, 4) is 0 Å². The van der Waals surface area contributed by atoms with E-state index in [0.29, 0.717) is 6.10 Å². The highest BCUT2D eigenvalue weighted by Gasteiger charge is 2.37. The van der Waals surface area contributed by atoms with Gasteiger partial charge < -0.3 is 18.0 Å². The van der Waals surface area contributed by atoms with Gasteiger partial charge in [0.1, 0.15) is 0 Å². The zero-order valence-electron chi connectivity index (χ0n) is 12.1. The van der Waals surface area contributed by atoms with E-state index in [0.717, 1.165) is 32.1 Å². The fourth-order valence-corrected chi connectivity index (χ4v) is 4.19. The minimum absolute atomic E-state index is 0.573. The molecule has 0 aromatic carbocycles. The summed E-state index contributed by atoms with van der Waals surface area (Å²) in [5, 5.41) is 0. The maximum atomic E-state index is 5.81. The first-order valence-electron chi connectivity index (χ1n) is 7.12. The summed E-state index contributed by atoms with van der Waals surface area (Å²) >= 11 is 0. The number of ether oxygens (including phenoxy) is 1. The van der Waals surface area contributed by atoms with Crippen LogP contribution in [-0.4, -0.2) is 42.3 Å². The average molecular weight is 276 g/mol. The molecule has 0 aromatic heterocycles. The van der Waals surface area contributed by atoms with E-state index in [1.165, 1.54) is 25.7 Å². The molecular weight excluding hydrogens is 248 g/mol. The van der Waals surface area contributed by atoms with E-state index in [2.05, 4.69) is 6.92 Å². The maximum absolute atomic E-state index is 5.81. The molecule has 0 bridgehead atoms. The van der Waals surface area contributed by atoms with Gasteiger partial charge in [-0.1, -0.05) is 26.2 Å². The average Bonchev–Trinajstić information content (AvgIpc) is 3.22. The Labute approximate surface area is 112 Å². The van der Waals surface area contributed by atoms with E-state index in [9.17, 15) is 0 Å². The van der Waals surface area contributed by atoms with Gasteiger partial charge in [0.05, 0.1) is 12.7 Å². The van der Waals surface area contributed by atoms with E-state index in [4.69, 9.17) is 18.0 Å². The molecule has 0 N–H and O–H groups in total. The van der Waals surface area contributed by atoms with Crippen LogP contribution >= 0.6 is 0 Å². The summed E-state index contributed by atoms with van der Waals surface area (Å²) in [5.74, 6) is 0. The van der Waals surface area contributed by atoms with Gasteiger partial charge >= 0.3 is 8.80 Å². The van der Waals surface area contributed by atoms with Crippen molar-refractivity contribution in [3.63, 3.8) is 0 Å². The first-order valence-corrected chi connectivity index (χ1v) is 9.05. The van der Waals surface area contributed by atoms with Gasteiger partial charge in [0.2, 0.25) is 0 Å². The normalized spacial score (nSPS) is 19.2. The molecule has 0 spiro atoms. The van der Waals surface area contributed by atoms with E-state index in [-0.39, 0.29) is 0 Å². The highest BCUT2D eigenvalue weighted by Crippen LogP contribution is 2.21. The second-order valence-corrected chi connectivity index (χ2v) is 7.82. The second kappa shape index (κ2) is 9.04. The Morgan fingerprint density at radius 2 is 1.78 bits per heavy atom. The summed E-state index contributed by atoms with van der Waals surface area (Å²) in [4.78, 5) is 0. The summed E-state index contributed by atoms with van der Waals surface area (Å²) in [6, 6.07) is 0.930. The van der Waals surface area contributed by atoms with E-state index in [1.54, 1.807) is 14.2 Å². The van der Waals surface area contributed by atoms with Gasteiger partial charge in [-0.15, -0.1) is 0 Å². The Hall–Kier alpha value is 0.0569. The van der Waals surface area contributed by atoms with Gasteiger partial charge in [-0.3, -0.25) is 0 Å². The van der Waals surface area contributed by atoms with Gasteiger partial charge in [0.25, 0.3) is 0 Å². The molecule has 18 heavy (non-hydrogen) atoms. The van der Waals surface area contributed by atoms with Crippen LogP contribution < -0.4 is 0 Å². The van der Waals surface area contributed by atoms with Crippen molar-refractivity contribution in [2.75, 3.05) is 27.4 Å². The van der Waals surface area contributed by atoms with Crippen LogP contribution in [0.15, 0.2) is 0 Å². The molecule has 0 aliphatic carbocycles. The minimum atomic E-state index is -2.36. The van der Waals surface area contributed by atoms with E-state index >= 15 is 0 Å². The molecule has 0 amide bonds. The molecule has 108 valence electrons. The molecule has 0 aromatic rings. The lowest BCUT2D eigenvalue weighted by Gasteiger charge is -2.26. The molecule has 4 nitrogen and oxygen atoms in total. The molecular formula is C13H28O4Si. The first-order chi connectivity index (χ1) is 8.76. The quantitative estimate of drug-likeness (QED) is 0.312. The van der Waals surface area contributed by atoms with Crippen molar-refractivity contribution < 1.29 is 18.0 Å². The van der Waals surface area contributed by atoms with Crippen molar-refractivity contribution in [2.24, 2.45) is 0 Å². The number of hydrogen-bond acceptors (Lipinski definition) is 4. The molecule has 1 atom stereocenters. The third-order valence-electron chi connectivity index (χ3n) is 3.31. The molecule has 1 aliphatic heterocycles. The van der Waals surface area contributed by atoms with Crippen LogP contribution in [0.1, 0.15) is 45.4 Å². The standard InChI is InChI=1S/C13H28O4Si/c1-4-10-17-18(14-2,15-3)11-8-6-5-7-9-13-12-16-13/h13H,4-12H2,1-3H3. The van der Waals surface area contributed by atoms with Crippen LogP contribution in [0.4, 0.5) is 0 Å². The Bertz CT molecular complexity index is 205. The highest BCUT2D eigenvalue weighted by atomic mass is 28.4. The molecule has 1 aliphatic rings. The third-order valence-corrected chi connectivity index (χ3v) is 6.16. The van der Waals surface area contributed by atoms with Crippen molar-refractivity contribution >= 4 is 8.80 Å². The lowest BCUT2D eigenvalue weighted by Crippen LogP contribution is -2.43. The van der Waals surface area contributed by atoms with Crippen LogP contribution in [0.25, 0.3) is 0 Å². The lowest BCUT2D eigenvalue weighted by molar-refractivity contribution is 0.0975. The monoisotopic (exact) mass is 276 g/mol. The van der Waals surface area contributed by atoms with Crippen molar-refractivity contribution in [3.05, 3.63) is 0 Å². The maximum Gasteiger partial charge on any atom is 0.500 e. The fourth-order valence-electron chi connectivity index (χ4n) is 2.04. The van der Waals surface area contributed by atoms with Crippen LogP contribution in [0, 0.1) is 0 Å². The largest absolute Gasteiger partial charge is 0.500 e. The van der Waals surface area contributed by atoms with Crippen molar-refractivity contribution in [1.82, 2.24) is 0 Å². The molecule has 0 radical (unpaired) electrons. The predicted molar refractivity (Wildman–Crippen MR) is 73.6 cm³/mol. The summed E-state index contributed by atoms with van der Waals surface area (Å²) in [7, 11) is 1.05. The predicted octanol–water partition coefficient (Wildman–Crippen LogP) is 2.99. The van der Waals surface area contributed by atoms with E-state index in [1.807, 2.05) is 0 Å². The fraction of sp³-hybridized carbons (Fsp3) is 1.00. The number of rotatable bonds is 12. The van der Waals surface area contributed by atoms with Crippen molar-refractivity contribution in [2.45, 2.75) is 57.6 Å². The third kappa shape index (κ3) is 6.29. The van der Waals surface area contributed by atoms with E-state index < -0.39 is 8.80 Å². The topological polar surface area (TPSA) is 40.2 Å². The summed E-state index contributed by atoms with van der Waals surface area (Å²) in [6.07, 6.45) is 7.70. The minimum Gasteiger partial charge on any atom is -0.377 e. The zero-order chi connectivity index (χ0) is 13.3. The second-order valence-electron chi connectivity index (χ2n) is 4.85. The molecule has 1 unspecified atom stereocenters. The van der Waals surface area contributed by atoms with Gasteiger partial charge in [-0.05, 0) is 19.3 Å². The summed E-state index contributed by atoms with van der Waals surface area (Å²) in [5.41, 5.74) is 0. The SMILES string of the molecule is CCCO[Si](CCCCCCC1CO1)(OC)OC. The molecule has 1 fully saturated rings. The lowest BCUT2D eigenvalue weighted by atomic mass is 10.1. The highest BCUT2D eigenvalue weighted by molar-refractivity contribution is 6.60. The Kier molecular flexibility index (Phi) is 8.09. The first kappa shape index (κ1) is 16.1. The van der Waals surface area contributed by atoms with Crippen LogP contribution in [0.3, 0.4) is 0 Å². The molecule has 1 saturated heterocycles. The Morgan fingerprint density at radius 1 is 1.11 bits per heavy atom. The number of hydrogen-bond donors (Lipinski definition) is 0. The molecule has 5 heteroatoms. The van der Waals surface area contributed by atoms with Gasteiger partial charge in [-0.25, -0.2) is 0 Å². The summed E-state index contributed by atoms with van der Waals surface area (Å²) < 4.78 is 22.0. The number of unbranched alkanes of at least 4 members (excludes halogenated alkanes) is 3. The molecule has 1 heterocycles. The summed E-state index contributed by atoms with van der Waals surface area (Å²) in [6.45, 7) is 3.81. The Balaban J connectivity index is 2.07. The Morgan fingerprint density at radius 3 is 2.33 bits per heavy atom. The van der Waals surface area contributed by atoms with Gasteiger partial charge in [-0.2, -0.15) is 0 Å². The molecule has 0 saturated carbocycles. The zero-order valence-corrected chi connectivity index (χ0v) is 13.1. The van der Waals surface area contributed by atoms with Crippen molar-refractivity contribution in [1.29, 1.82) is 0 Å². The van der Waals surface area contributed by atoms with Gasteiger partial charge in [0.15, 0.2) is 0 Å².